The zero-order valence-corrected chi connectivity index (χ0v) is 14.2. The van der Waals surface area contributed by atoms with Crippen molar-refractivity contribution in [3.05, 3.63) is 29.5 Å². The number of ether oxygens (including phenoxy) is 1. The third kappa shape index (κ3) is 3.41. The molecule has 0 aliphatic heterocycles. The number of nitrogens with one attached hydrogen (secondary N) is 1. The van der Waals surface area contributed by atoms with Crippen molar-refractivity contribution in [3.8, 4) is 5.75 Å². The second kappa shape index (κ2) is 6.52. The van der Waals surface area contributed by atoms with Crippen LogP contribution in [0.5, 0.6) is 5.75 Å². The molecule has 0 amide bonds. The topological polar surface area (TPSA) is 26.2 Å². The second-order valence-corrected chi connectivity index (χ2v) is 6.17. The minimum absolute atomic E-state index is 0.254. The Kier molecular flexibility index (Phi) is 4.94. The summed E-state index contributed by atoms with van der Waals surface area (Å²) in [5.41, 5.74) is 3.96. The molecule has 0 spiro atoms. The van der Waals surface area contributed by atoms with Crippen molar-refractivity contribution in [2.45, 2.75) is 59.7 Å². The van der Waals surface area contributed by atoms with E-state index >= 15 is 0 Å². The molecule has 21 heavy (non-hydrogen) atoms. The van der Waals surface area contributed by atoms with Crippen molar-refractivity contribution < 1.29 is 4.74 Å². The van der Waals surface area contributed by atoms with Crippen LogP contribution in [0, 0.1) is 6.92 Å². The summed E-state index contributed by atoms with van der Waals surface area (Å²) in [5, 5.41) is 4.82. The highest BCUT2D eigenvalue weighted by Crippen LogP contribution is 2.29. The van der Waals surface area contributed by atoms with E-state index in [1.165, 1.54) is 22.2 Å². The Labute approximate surface area is 128 Å². The molecule has 0 aliphatic carbocycles. The molecule has 1 unspecified atom stereocenters. The standard InChI is InChI=1S/C18H28N2O/c1-7-13(4)21-15-8-9-18-16(10-15)17(11-19-12(2)3)14(5)20(18)6/h8-10,12-13,19H,7,11H2,1-6H3. The summed E-state index contributed by atoms with van der Waals surface area (Å²) in [6, 6.07) is 6.91. The molecule has 1 atom stereocenters. The Hall–Kier alpha value is -1.48. The third-order valence-electron chi connectivity index (χ3n) is 4.19. The number of aromatic nitrogens is 1. The van der Waals surface area contributed by atoms with Crippen LogP contribution in [0.25, 0.3) is 10.9 Å². The van der Waals surface area contributed by atoms with E-state index < -0.39 is 0 Å². The van der Waals surface area contributed by atoms with Crippen LogP contribution < -0.4 is 10.1 Å². The fourth-order valence-corrected chi connectivity index (χ4v) is 2.55. The van der Waals surface area contributed by atoms with E-state index in [-0.39, 0.29) is 6.10 Å². The van der Waals surface area contributed by atoms with Crippen LogP contribution in [0.3, 0.4) is 0 Å². The summed E-state index contributed by atoms with van der Waals surface area (Å²) < 4.78 is 8.24. The number of hydrogen-bond donors (Lipinski definition) is 1. The summed E-state index contributed by atoms with van der Waals surface area (Å²) in [6.45, 7) is 11.7. The fraction of sp³-hybridized carbons (Fsp3) is 0.556. The summed E-state index contributed by atoms with van der Waals surface area (Å²) in [4.78, 5) is 0. The maximum atomic E-state index is 5.97. The van der Waals surface area contributed by atoms with E-state index in [0.717, 1.165) is 18.7 Å². The predicted octanol–water partition coefficient (Wildman–Crippen LogP) is 4.16. The SMILES string of the molecule is CCC(C)Oc1ccc2c(c1)c(CNC(C)C)c(C)n2C. The maximum absolute atomic E-state index is 5.97. The summed E-state index contributed by atoms with van der Waals surface area (Å²) >= 11 is 0. The Morgan fingerprint density at radius 2 is 1.95 bits per heavy atom. The molecule has 1 N–H and O–H groups in total. The molecular weight excluding hydrogens is 260 g/mol. The first-order valence-electron chi connectivity index (χ1n) is 7.92. The van der Waals surface area contributed by atoms with Crippen molar-refractivity contribution >= 4 is 10.9 Å². The number of fused-ring (bicyclic) bond motifs is 1. The number of hydrogen-bond acceptors (Lipinski definition) is 2. The molecule has 0 aliphatic rings. The smallest absolute Gasteiger partial charge is 0.120 e. The molecule has 3 nitrogen and oxygen atoms in total. The predicted molar refractivity (Wildman–Crippen MR) is 90.0 cm³/mol. The van der Waals surface area contributed by atoms with Gasteiger partial charge < -0.3 is 14.6 Å². The van der Waals surface area contributed by atoms with Crippen LogP contribution >= 0.6 is 0 Å². The van der Waals surface area contributed by atoms with Gasteiger partial charge in [0, 0.05) is 36.2 Å². The Balaban J connectivity index is 2.41. The van der Waals surface area contributed by atoms with Crippen LogP contribution in [-0.4, -0.2) is 16.7 Å². The van der Waals surface area contributed by atoms with Gasteiger partial charge in [-0.15, -0.1) is 0 Å². The van der Waals surface area contributed by atoms with Gasteiger partial charge in [-0.05, 0) is 44.0 Å². The molecule has 116 valence electrons. The highest BCUT2D eigenvalue weighted by molar-refractivity contribution is 5.86. The average Bonchev–Trinajstić information content (AvgIpc) is 2.68. The molecular formula is C18H28N2O. The first kappa shape index (κ1) is 15.9. The molecule has 0 saturated carbocycles. The van der Waals surface area contributed by atoms with Gasteiger partial charge in [-0.25, -0.2) is 0 Å². The lowest BCUT2D eigenvalue weighted by molar-refractivity contribution is 0.217. The van der Waals surface area contributed by atoms with Crippen molar-refractivity contribution in [2.75, 3.05) is 0 Å². The van der Waals surface area contributed by atoms with E-state index in [4.69, 9.17) is 4.74 Å². The van der Waals surface area contributed by atoms with Crippen LogP contribution in [0.2, 0.25) is 0 Å². The molecule has 0 fully saturated rings. The van der Waals surface area contributed by atoms with Crippen LogP contribution in [0.4, 0.5) is 0 Å². The van der Waals surface area contributed by atoms with Gasteiger partial charge in [0.2, 0.25) is 0 Å². The van der Waals surface area contributed by atoms with Gasteiger partial charge in [-0.3, -0.25) is 0 Å². The number of aryl methyl sites for hydroxylation is 1. The lowest BCUT2D eigenvalue weighted by Gasteiger charge is -2.13. The molecule has 2 rings (SSSR count). The van der Waals surface area contributed by atoms with Gasteiger partial charge in [0.15, 0.2) is 0 Å². The number of benzene rings is 1. The van der Waals surface area contributed by atoms with E-state index in [9.17, 15) is 0 Å². The van der Waals surface area contributed by atoms with Gasteiger partial charge in [0.1, 0.15) is 5.75 Å². The molecule has 1 heterocycles. The minimum Gasteiger partial charge on any atom is -0.491 e. The molecule has 2 aromatic rings. The van der Waals surface area contributed by atoms with Gasteiger partial charge >= 0.3 is 0 Å². The quantitative estimate of drug-likeness (QED) is 0.863. The zero-order chi connectivity index (χ0) is 15.6. The van der Waals surface area contributed by atoms with Crippen molar-refractivity contribution in [1.29, 1.82) is 0 Å². The first-order chi connectivity index (χ1) is 9.93. The highest BCUT2D eigenvalue weighted by Gasteiger charge is 2.13. The monoisotopic (exact) mass is 288 g/mol. The maximum Gasteiger partial charge on any atom is 0.120 e. The Morgan fingerprint density at radius 3 is 2.57 bits per heavy atom. The zero-order valence-electron chi connectivity index (χ0n) is 14.2. The number of rotatable bonds is 6. The average molecular weight is 288 g/mol. The van der Waals surface area contributed by atoms with E-state index in [1.54, 1.807) is 0 Å². The summed E-state index contributed by atoms with van der Waals surface area (Å²) in [5.74, 6) is 0.966. The molecule has 0 saturated heterocycles. The van der Waals surface area contributed by atoms with Crippen LogP contribution in [-0.2, 0) is 13.6 Å². The largest absolute Gasteiger partial charge is 0.491 e. The lowest BCUT2D eigenvalue weighted by Crippen LogP contribution is -2.22. The number of nitrogens with zero attached hydrogens (tertiary/aromatic N) is 1. The third-order valence-corrected chi connectivity index (χ3v) is 4.19. The Morgan fingerprint density at radius 1 is 1.24 bits per heavy atom. The van der Waals surface area contributed by atoms with Crippen molar-refractivity contribution in [3.63, 3.8) is 0 Å². The lowest BCUT2D eigenvalue weighted by atomic mass is 10.1. The van der Waals surface area contributed by atoms with Gasteiger partial charge in [0.05, 0.1) is 6.10 Å². The first-order valence-corrected chi connectivity index (χ1v) is 7.92. The summed E-state index contributed by atoms with van der Waals surface area (Å²) in [7, 11) is 2.13. The van der Waals surface area contributed by atoms with E-state index in [1.807, 2.05) is 0 Å². The molecule has 3 heteroatoms. The van der Waals surface area contributed by atoms with E-state index in [2.05, 4.69) is 69.7 Å². The van der Waals surface area contributed by atoms with Crippen LogP contribution in [0.1, 0.15) is 45.4 Å². The van der Waals surface area contributed by atoms with Gasteiger partial charge in [-0.2, -0.15) is 0 Å². The molecule has 1 aromatic heterocycles. The Bertz CT molecular complexity index is 613. The van der Waals surface area contributed by atoms with Crippen molar-refractivity contribution in [1.82, 2.24) is 9.88 Å². The highest BCUT2D eigenvalue weighted by atomic mass is 16.5. The fourth-order valence-electron chi connectivity index (χ4n) is 2.55. The normalized spacial score (nSPS) is 13.1. The minimum atomic E-state index is 0.254. The van der Waals surface area contributed by atoms with Crippen LogP contribution in [0.15, 0.2) is 18.2 Å². The van der Waals surface area contributed by atoms with Crippen molar-refractivity contribution in [2.24, 2.45) is 7.05 Å². The van der Waals surface area contributed by atoms with Gasteiger partial charge in [0.25, 0.3) is 0 Å². The molecule has 0 bridgehead atoms. The van der Waals surface area contributed by atoms with Gasteiger partial charge in [-0.1, -0.05) is 20.8 Å². The molecule has 0 radical (unpaired) electrons. The van der Waals surface area contributed by atoms with E-state index in [0.29, 0.717) is 6.04 Å². The molecule has 1 aromatic carbocycles. The summed E-state index contributed by atoms with van der Waals surface area (Å²) in [6.07, 6.45) is 1.28. The second-order valence-electron chi connectivity index (χ2n) is 6.17.